The van der Waals surface area contributed by atoms with Crippen molar-refractivity contribution in [1.82, 2.24) is 0 Å². The maximum atomic E-state index is 2.86. The van der Waals surface area contributed by atoms with E-state index in [2.05, 4.69) is 152 Å². The second-order valence-electron chi connectivity index (χ2n) is 14.5. The fraction of sp³-hybridized carbons (Fsp3) is 0.395. The van der Waals surface area contributed by atoms with E-state index < -0.39 is 21.3 Å². The number of rotatable bonds is 4. The third kappa shape index (κ3) is 5.34. The Morgan fingerprint density at radius 2 is 1.10 bits per heavy atom. The van der Waals surface area contributed by atoms with Gasteiger partial charge in [0, 0.05) is 0 Å². The Morgan fingerprint density at radius 1 is 0.641 bits per heavy atom. The number of aryl methyl sites for hydroxylation is 2. The van der Waals surface area contributed by atoms with Gasteiger partial charge in [-0.2, -0.15) is 0 Å². The van der Waals surface area contributed by atoms with Gasteiger partial charge in [-0.15, -0.1) is 0 Å². The molecule has 0 aliphatic heterocycles. The summed E-state index contributed by atoms with van der Waals surface area (Å²) >= 11 is -2.36. The summed E-state index contributed by atoms with van der Waals surface area (Å²) in [6, 6.07) is 21.4. The molecular weight excluding hydrogens is 548 g/mol. The number of hydrogen-bond acceptors (Lipinski definition) is 0. The van der Waals surface area contributed by atoms with Gasteiger partial charge in [-0.25, -0.2) is 0 Å². The molecule has 0 atom stereocenters. The Balaban J connectivity index is 1.82. The predicted molar refractivity (Wildman–Crippen MR) is 168 cm³/mol. The monoisotopic (exact) mass is 592 g/mol. The van der Waals surface area contributed by atoms with Crippen molar-refractivity contribution in [2.45, 2.75) is 92.7 Å². The maximum absolute atomic E-state index is 2.86. The van der Waals surface area contributed by atoms with Crippen LogP contribution in [0.2, 0.25) is 3.63 Å². The van der Waals surface area contributed by atoms with Crippen LogP contribution in [-0.2, 0) is 37.5 Å². The van der Waals surface area contributed by atoms with Crippen LogP contribution in [0.1, 0.15) is 98.0 Å². The molecule has 202 valence electrons. The molecule has 0 N–H and O–H groups in total. The van der Waals surface area contributed by atoms with E-state index in [9.17, 15) is 0 Å². The van der Waals surface area contributed by atoms with Crippen LogP contribution in [0.25, 0.3) is 11.1 Å². The zero-order valence-electron chi connectivity index (χ0n) is 25.7. The van der Waals surface area contributed by atoms with Gasteiger partial charge in [0.25, 0.3) is 0 Å². The third-order valence-electron chi connectivity index (χ3n) is 8.83. The molecule has 0 heterocycles. The molecule has 0 saturated heterocycles. The molecule has 0 bridgehead atoms. The average molecular weight is 594 g/mol. The Labute approximate surface area is 245 Å². The first-order valence-corrected chi connectivity index (χ1v) is 18.9. The van der Waals surface area contributed by atoms with Crippen LogP contribution in [-0.4, -0.2) is 3.71 Å². The van der Waals surface area contributed by atoms with E-state index in [4.69, 9.17) is 0 Å². The van der Waals surface area contributed by atoms with Crippen molar-refractivity contribution < 1.29 is 21.3 Å². The topological polar surface area (TPSA) is 0 Å². The van der Waals surface area contributed by atoms with Crippen molar-refractivity contribution in [3.8, 4) is 11.1 Å². The van der Waals surface area contributed by atoms with Crippen LogP contribution in [0, 0.1) is 13.8 Å². The summed E-state index contributed by atoms with van der Waals surface area (Å²) in [5.74, 6) is 0. The number of fused-ring (bicyclic) bond motifs is 3. The molecule has 0 nitrogen and oxygen atoms in total. The number of hydrogen-bond donors (Lipinski definition) is 0. The van der Waals surface area contributed by atoms with Crippen LogP contribution in [0.15, 0.2) is 78.9 Å². The molecular formula is C38H46Zr. The van der Waals surface area contributed by atoms with Gasteiger partial charge in [-0.3, -0.25) is 0 Å². The van der Waals surface area contributed by atoms with Crippen LogP contribution >= 0.6 is 0 Å². The minimum atomic E-state index is -2.36. The number of allylic oxidation sites excluding steroid dienone is 4. The summed E-state index contributed by atoms with van der Waals surface area (Å²) in [7, 11) is 0. The number of benzene rings is 3. The van der Waals surface area contributed by atoms with Crippen molar-refractivity contribution in [1.29, 1.82) is 0 Å². The van der Waals surface area contributed by atoms with Gasteiger partial charge in [-0.05, 0) is 0 Å². The molecule has 0 amide bonds. The van der Waals surface area contributed by atoms with E-state index in [1.807, 2.05) is 0 Å². The molecule has 0 saturated carbocycles. The Morgan fingerprint density at radius 3 is 1.54 bits per heavy atom. The summed E-state index contributed by atoms with van der Waals surface area (Å²) < 4.78 is 3.95. The van der Waals surface area contributed by atoms with E-state index in [0.717, 1.165) is 0 Å². The standard InChI is InChI=1S/C23H29.C10H12.C5H5.Zr/c1-14-9-16-11-17-10-15(2)21(23(6,7)8)13-19(17)18(16)12-20(14)22(3,4)5;1-10(2,3)9-7-5-4-6-8-9;1-2-4-5-3-1;/h9-13H,1-8H3;1,4-8H,2-3H3;1-5H;. The normalized spacial score (nSPS) is 16.2. The predicted octanol–water partition coefficient (Wildman–Crippen LogP) is 10.3. The van der Waals surface area contributed by atoms with Gasteiger partial charge < -0.3 is 0 Å². The molecule has 5 rings (SSSR count). The molecule has 1 heteroatoms. The zero-order chi connectivity index (χ0) is 28.3. The third-order valence-corrected chi connectivity index (χ3v) is 17.4. The summed E-state index contributed by atoms with van der Waals surface area (Å²) in [6.07, 6.45) is 9.56. The first kappa shape index (κ1) is 28.4. The molecule has 0 spiro atoms. The Kier molecular flexibility index (Phi) is 7.34. The molecule has 3 aromatic rings. The van der Waals surface area contributed by atoms with Crippen molar-refractivity contribution in [3.05, 3.63) is 118 Å². The van der Waals surface area contributed by atoms with E-state index in [1.54, 1.807) is 11.1 Å². The molecule has 0 unspecified atom stereocenters. The first-order valence-electron chi connectivity index (χ1n) is 14.6. The fourth-order valence-electron chi connectivity index (χ4n) is 6.94. The van der Waals surface area contributed by atoms with E-state index in [-0.39, 0.29) is 16.2 Å². The average Bonchev–Trinajstić information content (AvgIpc) is 3.47. The quantitative estimate of drug-likeness (QED) is 0.282. The summed E-state index contributed by atoms with van der Waals surface area (Å²) in [5.41, 5.74) is 13.7. The Hall–Kier alpha value is -2.11. The van der Waals surface area contributed by atoms with Gasteiger partial charge in [0.2, 0.25) is 0 Å². The molecule has 0 radical (unpaired) electrons. The minimum absolute atomic E-state index is 0.0318. The molecule has 2 aliphatic rings. The van der Waals surface area contributed by atoms with E-state index in [1.165, 1.54) is 38.9 Å². The van der Waals surface area contributed by atoms with Crippen LogP contribution in [0.5, 0.6) is 0 Å². The molecule has 0 aromatic heterocycles. The second kappa shape index (κ2) is 10.1. The summed E-state index contributed by atoms with van der Waals surface area (Å²) in [6.45, 7) is 23.7. The van der Waals surface area contributed by atoms with Gasteiger partial charge in [0.1, 0.15) is 0 Å². The summed E-state index contributed by atoms with van der Waals surface area (Å²) in [5, 5.41) is 0. The van der Waals surface area contributed by atoms with Crippen molar-refractivity contribution in [2.24, 2.45) is 0 Å². The molecule has 0 fully saturated rings. The van der Waals surface area contributed by atoms with Gasteiger partial charge in [0.05, 0.1) is 0 Å². The second-order valence-corrected chi connectivity index (χ2v) is 20.7. The van der Waals surface area contributed by atoms with Crippen molar-refractivity contribution in [2.75, 3.05) is 0 Å². The van der Waals surface area contributed by atoms with Gasteiger partial charge in [0.15, 0.2) is 0 Å². The molecule has 3 aromatic carbocycles. The van der Waals surface area contributed by atoms with Gasteiger partial charge >= 0.3 is 247 Å². The molecule has 39 heavy (non-hydrogen) atoms. The summed E-state index contributed by atoms with van der Waals surface area (Å²) in [4.78, 5) is 0. The SMILES string of the molecule is Cc1cc2c(cc1C(C)(C)C)-c1cc(C(C)(C)C)c(C)cc1[CH]2[Zr](=[CH]C(C)(C)c1ccccc1)[CH]1C=CC=C1. The first-order chi connectivity index (χ1) is 18.2. The fourth-order valence-corrected chi connectivity index (χ4v) is 15.8. The van der Waals surface area contributed by atoms with Crippen molar-refractivity contribution >= 4 is 3.71 Å². The van der Waals surface area contributed by atoms with E-state index >= 15 is 0 Å². The Bertz CT molecular complexity index is 1420. The zero-order valence-corrected chi connectivity index (χ0v) is 28.2. The van der Waals surface area contributed by atoms with Crippen LogP contribution < -0.4 is 0 Å². The van der Waals surface area contributed by atoms with Crippen LogP contribution in [0.4, 0.5) is 0 Å². The molecule has 2 aliphatic carbocycles. The van der Waals surface area contributed by atoms with Gasteiger partial charge in [-0.1, -0.05) is 0 Å². The van der Waals surface area contributed by atoms with Crippen LogP contribution in [0.3, 0.4) is 0 Å². The van der Waals surface area contributed by atoms with Crippen molar-refractivity contribution in [3.63, 3.8) is 0 Å². The van der Waals surface area contributed by atoms with E-state index in [0.29, 0.717) is 7.25 Å².